The molecule has 0 aromatic rings. The van der Waals surface area contributed by atoms with Gasteiger partial charge in [0.25, 0.3) is 0 Å². The van der Waals surface area contributed by atoms with Crippen LogP contribution in [-0.4, -0.2) is 23.3 Å². The van der Waals surface area contributed by atoms with E-state index in [1.807, 2.05) is 13.0 Å². The first-order chi connectivity index (χ1) is 6.18. The lowest BCUT2D eigenvalue weighted by molar-refractivity contribution is -0.150. The van der Waals surface area contributed by atoms with Gasteiger partial charge in [-0.3, -0.25) is 4.79 Å². The van der Waals surface area contributed by atoms with E-state index in [-0.39, 0.29) is 18.5 Å². The van der Waals surface area contributed by atoms with E-state index in [0.29, 0.717) is 0 Å². The normalized spacial score (nSPS) is 33.5. The highest BCUT2D eigenvalue weighted by Crippen LogP contribution is 2.10. The monoisotopic (exact) mass is 184 g/mol. The molecule has 1 aliphatic rings. The minimum atomic E-state index is -0.683. The predicted octanol–water partition coefficient (Wildman–Crippen LogP) is 1.41. The maximum absolute atomic E-state index is 11.1. The number of hydrogen-bond acceptors (Lipinski definition) is 3. The summed E-state index contributed by atoms with van der Waals surface area (Å²) in [5.41, 5.74) is 0. The molecule has 0 radical (unpaired) electrons. The quantitative estimate of drug-likeness (QED) is 0.457. The minimum Gasteiger partial charge on any atom is -0.463 e. The Balaban J connectivity index is 2.51. The minimum absolute atomic E-state index is 0.0220. The van der Waals surface area contributed by atoms with E-state index in [1.54, 1.807) is 6.08 Å². The molecule has 0 unspecified atom stereocenters. The third-order valence-corrected chi connectivity index (χ3v) is 2.05. The molecule has 0 bridgehead atoms. The largest absolute Gasteiger partial charge is 0.463 e. The molecule has 0 saturated heterocycles. The molecule has 2 atom stereocenters. The molecular weight excluding hydrogens is 168 g/mol. The Kier molecular flexibility index (Phi) is 3.96. The van der Waals surface area contributed by atoms with Crippen molar-refractivity contribution < 1.29 is 14.6 Å². The summed E-state index contributed by atoms with van der Waals surface area (Å²) in [4.78, 5) is 11.1. The van der Waals surface area contributed by atoms with Crippen LogP contribution in [0.4, 0.5) is 0 Å². The number of aliphatic hydroxyl groups excluding tert-OH is 1. The highest BCUT2D eigenvalue weighted by molar-refractivity contribution is 5.70. The van der Waals surface area contributed by atoms with E-state index in [1.165, 1.54) is 0 Å². The van der Waals surface area contributed by atoms with Gasteiger partial charge in [0.15, 0.2) is 0 Å². The summed E-state index contributed by atoms with van der Waals surface area (Å²) in [5.74, 6) is -0.313. The highest BCUT2D eigenvalue weighted by Gasteiger charge is 2.13. The second-order valence-electron chi connectivity index (χ2n) is 3.43. The van der Waals surface area contributed by atoms with Gasteiger partial charge in [0.1, 0.15) is 0 Å². The second kappa shape index (κ2) is 5.02. The molecular formula is C10H16O3. The summed E-state index contributed by atoms with van der Waals surface area (Å²) in [7, 11) is 0. The van der Waals surface area contributed by atoms with E-state index < -0.39 is 6.10 Å². The van der Waals surface area contributed by atoms with Crippen molar-refractivity contribution in [3.8, 4) is 0 Å². The molecule has 0 fully saturated rings. The van der Waals surface area contributed by atoms with E-state index in [9.17, 15) is 9.90 Å². The van der Waals surface area contributed by atoms with Gasteiger partial charge in [-0.1, -0.05) is 12.2 Å². The summed E-state index contributed by atoms with van der Waals surface area (Å²) in [6.45, 7) is 1.88. The van der Waals surface area contributed by atoms with Crippen LogP contribution in [0.25, 0.3) is 0 Å². The molecule has 13 heavy (non-hydrogen) atoms. The van der Waals surface area contributed by atoms with Gasteiger partial charge in [0.2, 0.25) is 0 Å². The lowest BCUT2D eigenvalue weighted by Gasteiger charge is -2.15. The van der Waals surface area contributed by atoms with Crippen molar-refractivity contribution in [1.29, 1.82) is 0 Å². The molecule has 1 aliphatic heterocycles. The lowest BCUT2D eigenvalue weighted by Crippen LogP contribution is -2.19. The zero-order chi connectivity index (χ0) is 9.68. The fourth-order valence-electron chi connectivity index (χ4n) is 1.35. The fourth-order valence-corrected chi connectivity index (χ4v) is 1.35. The lowest BCUT2D eigenvalue weighted by atomic mass is 10.1. The average molecular weight is 184 g/mol. The third kappa shape index (κ3) is 4.08. The van der Waals surface area contributed by atoms with Crippen LogP contribution in [0.2, 0.25) is 0 Å². The van der Waals surface area contributed by atoms with Gasteiger partial charge in [0, 0.05) is 0 Å². The standard InChI is InChI=1S/C10H16O3/c1-8-5-3-2-4-6-9(11)7-10(12)13-8/h4,6,8-9,11H,2-3,5,7H2,1H3/b6-4-/t8-,9+/m0/s1. The number of carbonyl (C=O) groups is 1. The maximum Gasteiger partial charge on any atom is 0.309 e. The fraction of sp³-hybridized carbons (Fsp3) is 0.700. The third-order valence-electron chi connectivity index (χ3n) is 2.05. The molecule has 1 N–H and O–H groups in total. The molecule has 0 aliphatic carbocycles. The van der Waals surface area contributed by atoms with Crippen molar-refractivity contribution in [1.82, 2.24) is 0 Å². The first-order valence-corrected chi connectivity index (χ1v) is 4.72. The number of hydrogen-bond donors (Lipinski definition) is 1. The molecule has 0 saturated carbocycles. The van der Waals surface area contributed by atoms with Crippen molar-refractivity contribution in [2.24, 2.45) is 0 Å². The highest BCUT2D eigenvalue weighted by atomic mass is 16.5. The van der Waals surface area contributed by atoms with Crippen molar-refractivity contribution >= 4 is 5.97 Å². The molecule has 3 nitrogen and oxygen atoms in total. The van der Waals surface area contributed by atoms with Gasteiger partial charge in [-0.15, -0.1) is 0 Å². The van der Waals surface area contributed by atoms with Gasteiger partial charge in [-0.25, -0.2) is 0 Å². The number of aliphatic hydroxyl groups is 1. The molecule has 0 aromatic heterocycles. The first-order valence-electron chi connectivity index (χ1n) is 4.72. The number of ether oxygens (including phenoxy) is 1. The van der Waals surface area contributed by atoms with Crippen LogP contribution >= 0.6 is 0 Å². The Morgan fingerprint density at radius 2 is 2.38 bits per heavy atom. The van der Waals surface area contributed by atoms with Crippen LogP contribution in [-0.2, 0) is 9.53 Å². The average Bonchev–Trinajstić information content (AvgIpc) is 2.02. The predicted molar refractivity (Wildman–Crippen MR) is 49.2 cm³/mol. The van der Waals surface area contributed by atoms with Crippen LogP contribution in [0.5, 0.6) is 0 Å². The SMILES string of the molecule is C[C@H]1CCC/C=C\[C@@H](O)CC(=O)O1. The number of rotatable bonds is 0. The first kappa shape index (κ1) is 10.3. The van der Waals surface area contributed by atoms with Gasteiger partial charge in [-0.05, 0) is 26.2 Å². The topological polar surface area (TPSA) is 46.5 Å². The van der Waals surface area contributed by atoms with Crippen molar-refractivity contribution in [3.63, 3.8) is 0 Å². The Morgan fingerprint density at radius 1 is 1.62 bits per heavy atom. The van der Waals surface area contributed by atoms with Crippen molar-refractivity contribution in [3.05, 3.63) is 12.2 Å². The Morgan fingerprint density at radius 3 is 3.15 bits per heavy atom. The zero-order valence-electron chi connectivity index (χ0n) is 7.90. The molecule has 0 aromatic carbocycles. The number of allylic oxidation sites excluding steroid dienone is 1. The van der Waals surface area contributed by atoms with Crippen LogP contribution in [0.1, 0.15) is 32.6 Å². The Labute approximate surface area is 78.4 Å². The summed E-state index contributed by atoms with van der Waals surface area (Å²) >= 11 is 0. The van der Waals surface area contributed by atoms with Gasteiger partial charge >= 0.3 is 5.97 Å². The summed E-state index contributed by atoms with van der Waals surface area (Å²) in [6, 6.07) is 0. The molecule has 74 valence electrons. The smallest absolute Gasteiger partial charge is 0.309 e. The summed E-state index contributed by atoms with van der Waals surface area (Å²) < 4.78 is 5.06. The van der Waals surface area contributed by atoms with Crippen LogP contribution < -0.4 is 0 Å². The molecule has 3 heteroatoms. The number of esters is 1. The van der Waals surface area contributed by atoms with E-state index >= 15 is 0 Å². The molecule has 0 amide bonds. The van der Waals surface area contributed by atoms with Gasteiger partial charge in [-0.2, -0.15) is 0 Å². The molecule has 1 heterocycles. The van der Waals surface area contributed by atoms with Crippen molar-refractivity contribution in [2.75, 3.05) is 0 Å². The number of carbonyl (C=O) groups excluding carboxylic acids is 1. The van der Waals surface area contributed by atoms with Crippen molar-refractivity contribution in [2.45, 2.75) is 44.8 Å². The molecule has 0 spiro atoms. The van der Waals surface area contributed by atoms with E-state index in [0.717, 1.165) is 19.3 Å². The van der Waals surface area contributed by atoms with Gasteiger partial charge < -0.3 is 9.84 Å². The van der Waals surface area contributed by atoms with E-state index in [2.05, 4.69) is 0 Å². The van der Waals surface area contributed by atoms with E-state index in [4.69, 9.17) is 4.74 Å². The van der Waals surface area contributed by atoms with Crippen LogP contribution in [0, 0.1) is 0 Å². The zero-order valence-corrected chi connectivity index (χ0v) is 7.90. The van der Waals surface area contributed by atoms with Crippen LogP contribution in [0.3, 0.4) is 0 Å². The Hall–Kier alpha value is -0.830. The summed E-state index contributed by atoms with van der Waals surface area (Å²) in [5, 5.41) is 9.30. The number of cyclic esters (lactones) is 1. The Bertz CT molecular complexity index is 198. The van der Waals surface area contributed by atoms with Gasteiger partial charge in [0.05, 0.1) is 18.6 Å². The summed E-state index contributed by atoms with van der Waals surface area (Å²) in [6.07, 6.45) is 5.79. The maximum atomic E-state index is 11.1. The second-order valence-corrected chi connectivity index (χ2v) is 3.43. The van der Waals surface area contributed by atoms with Crippen LogP contribution in [0.15, 0.2) is 12.2 Å². The molecule has 1 rings (SSSR count).